The van der Waals surface area contributed by atoms with E-state index in [1.165, 1.54) is 28.6 Å². The van der Waals surface area contributed by atoms with Crippen molar-refractivity contribution in [3.05, 3.63) is 46.6 Å². The normalized spacial score (nSPS) is 17.3. The summed E-state index contributed by atoms with van der Waals surface area (Å²) in [5, 5.41) is 2.16. The topological polar surface area (TPSA) is 57.7 Å². The summed E-state index contributed by atoms with van der Waals surface area (Å²) in [4.78, 5) is 19.6. The van der Waals surface area contributed by atoms with E-state index in [0.717, 1.165) is 23.5 Å². The second-order valence-corrected chi connectivity index (χ2v) is 8.39. The minimum atomic E-state index is -0.272. The van der Waals surface area contributed by atoms with Gasteiger partial charge in [-0.2, -0.15) is 0 Å². The molecule has 1 aliphatic heterocycles. The second-order valence-electron chi connectivity index (χ2n) is 7.58. The molecule has 0 radical (unpaired) electrons. The first-order chi connectivity index (χ1) is 13.8. The van der Waals surface area contributed by atoms with Gasteiger partial charge in [0.15, 0.2) is 0 Å². The molecule has 29 heavy (non-hydrogen) atoms. The number of rotatable bonds is 5. The number of hydrogen-bond donors (Lipinski definition) is 1. The fourth-order valence-corrected chi connectivity index (χ4v) is 4.17. The highest BCUT2D eigenvalue weighted by molar-refractivity contribution is 8.13. The molecule has 7 heteroatoms. The van der Waals surface area contributed by atoms with Crippen LogP contribution in [0.25, 0.3) is 0 Å². The molecule has 1 aliphatic rings. The summed E-state index contributed by atoms with van der Waals surface area (Å²) < 4.78 is 5.46. The van der Waals surface area contributed by atoms with Gasteiger partial charge in [0, 0.05) is 31.0 Å². The molecule has 2 aromatic rings. The summed E-state index contributed by atoms with van der Waals surface area (Å²) in [6, 6.07) is 8.30. The number of carbonyl (C=O) groups excluding carboxylic acids is 1. The molecule has 156 valence electrons. The Bertz CT molecular complexity index is 882. The van der Waals surface area contributed by atoms with Crippen molar-refractivity contribution < 1.29 is 9.53 Å². The number of benzene rings is 1. The Hall–Kier alpha value is -2.25. The predicted molar refractivity (Wildman–Crippen MR) is 121 cm³/mol. The van der Waals surface area contributed by atoms with Gasteiger partial charge in [-0.05, 0) is 68.8 Å². The van der Waals surface area contributed by atoms with Gasteiger partial charge in [-0.3, -0.25) is 4.79 Å². The van der Waals surface area contributed by atoms with Crippen LogP contribution in [0.2, 0.25) is 0 Å². The Morgan fingerprint density at radius 2 is 1.83 bits per heavy atom. The average Bonchev–Trinajstić information content (AvgIpc) is 2.69. The number of aryl methyl sites for hydroxylation is 4. The van der Waals surface area contributed by atoms with E-state index in [2.05, 4.69) is 47.4 Å². The maximum Gasteiger partial charge on any atom is 0.238 e. The van der Waals surface area contributed by atoms with Crippen LogP contribution in [-0.4, -0.2) is 54.1 Å². The van der Waals surface area contributed by atoms with Gasteiger partial charge >= 0.3 is 0 Å². The van der Waals surface area contributed by atoms with E-state index in [4.69, 9.17) is 4.74 Å². The smallest absolute Gasteiger partial charge is 0.238 e. The van der Waals surface area contributed by atoms with Crippen LogP contribution in [0.5, 0.6) is 5.88 Å². The number of nitrogens with one attached hydrogen (secondary N) is 1. The zero-order chi connectivity index (χ0) is 21.1. The molecule has 0 aliphatic carbocycles. The molecule has 1 aromatic carbocycles. The molecule has 1 saturated heterocycles. The molecule has 0 saturated carbocycles. The van der Waals surface area contributed by atoms with Crippen molar-refractivity contribution in [3.63, 3.8) is 0 Å². The van der Waals surface area contributed by atoms with E-state index in [-0.39, 0.29) is 11.2 Å². The third-order valence-corrected chi connectivity index (χ3v) is 5.99. The second kappa shape index (κ2) is 9.05. The van der Waals surface area contributed by atoms with E-state index in [9.17, 15) is 4.79 Å². The third kappa shape index (κ3) is 4.85. The third-order valence-electron chi connectivity index (χ3n) is 5.31. The molecule has 1 unspecified atom stereocenters. The summed E-state index contributed by atoms with van der Waals surface area (Å²) in [7, 11) is 1.62. The minimum Gasteiger partial charge on any atom is -0.479 e. The van der Waals surface area contributed by atoms with Crippen LogP contribution in [-0.2, 0) is 4.79 Å². The summed E-state index contributed by atoms with van der Waals surface area (Å²) in [6.45, 7) is 10.4. The molecule has 3 rings (SSSR count). The molecule has 1 aromatic heterocycles. The number of piperazine rings is 1. The highest BCUT2D eigenvalue weighted by Crippen LogP contribution is 2.28. The molecule has 2 heterocycles. The fraction of sp³-hybridized carbons (Fsp3) is 0.455. The summed E-state index contributed by atoms with van der Waals surface area (Å²) in [5.74, 6) is 0.542. The van der Waals surface area contributed by atoms with Crippen molar-refractivity contribution in [2.24, 2.45) is 0 Å². The van der Waals surface area contributed by atoms with Crippen molar-refractivity contribution in [1.29, 1.82) is 0 Å². The van der Waals surface area contributed by atoms with Crippen LogP contribution in [0.15, 0.2) is 24.3 Å². The first-order valence-corrected chi connectivity index (χ1v) is 11.0. The monoisotopic (exact) mass is 414 g/mol. The number of anilines is 2. The number of carbonyl (C=O) groups is 1. The van der Waals surface area contributed by atoms with E-state index in [1.807, 2.05) is 31.2 Å². The van der Waals surface area contributed by atoms with Crippen LogP contribution < -0.4 is 15.1 Å². The van der Waals surface area contributed by atoms with E-state index in [0.29, 0.717) is 19.0 Å². The summed E-state index contributed by atoms with van der Waals surface area (Å²) in [5.41, 5.74) is 9.86. The van der Waals surface area contributed by atoms with E-state index in [1.54, 1.807) is 7.11 Å². The molecule has 1 N–H and O–H groups in total. The van der Waals surface area contributed by atoms with Crippen molar-refractivity contribution in [2.45, 2.75) is 33.7 Å². The van der Waals surface area contributed by atoms with Gasteiger partial charge < -0.3 is 15.1 Å². The average molecular weight is 415 g/mol. The van der Waals surface area contributed by atoms with Crippen molar-refractivity contribution in [3.8, 4) is 5.88 Å². The van der Waals surface area contributed by atoms with Crippen molar-refractivity contribution in [2.75, 3.05) is 43.3 Å². The van der Waals surface area contributed by atoms with Crippen molar-refractivity contribution in [1.82, 2.24) is 9.99 Å². The number of ether oxygens (including phenoxy) is 1. The number of methoxy groups -OCH3 is 1. The number of nitrogens with zero attached hydrogens (tertiary/aromatic N) is 3. The maximum absolute atomic E-state index is 12.8. The van der Waals surface area contributed by atoms with Gasteiger partial charge in [0.25, 0.3) is 0 Å². The lowest BCUT2D eigenvalue weighted by atomic mass is 10.1. The van der Waals surface area contributed by atoms with Crippen LogP contribution in [0, 0.1) is 27.7 Å². The van der Waals surface area contributed by atoms with Gasteiger partial charge in [-0.15, -0.1) is 0 Å². The highest BCUT2D eigenvalue weighted by Gasteiger charge is 2.33. The van der Waals surface area contributed by atoms with Gasteiger partial charge in [-0.1, -0.05) is 17.8 Å². The Morgan fingerprint density at radius 3 is 2.45 bits per heavy atom. The lowest BCUT2D eigenvalue weighted by Gasteiger charge is -2.41. The Morgan fingerprint density at radius 1 is 1.14 bits per heavy atom. The summed E-state index contributed by atoms with van der Waals surface area (Å²) >= 11 is 1.27. The van der Waals surface area contributed by atoms with Crippen LogP contribution >= 0.6 is 11.8 Å². The molecular weight excluding hydrogens is 384 g/mol. The molecule has 6 nitrogen and oxygen atoms in total. The fourth-order valence-electron chi connectivity index (χ4n) is 3.70. The maximum atomic E-state index is 12.8. The zero-order valence-electron chi connectivity index (χ0n) is 18.1. The largest absolute Gasteiger partial charge is 0.479 e. The molecule has 0 spiro atoms. The van der Waals surface area contributed by atoms with E-state index < -0.39 is 0 Å². The van der Waals surface area contributed by atoms with Gasteiger partial charge in [-0.25, -0.2) is 9.99 Å². The predicted octanol–water partition coefficient (Wildman–Crippen LogP) is 3.73. The molecule has 0 amide bonds. The number of hydrogen-bond acceptors (Lipinski definition) is 7. The van der Waals surface area contributed by atoms with Gasteiger partial charge in [0.1, 0.15) is 11.7 Å². The molecule has 1 atom stereocenters. The lowest BCUT2D eigenvalue weighted by Crippen LogP contribution is -2.58. The molecular formula is C22H30N4O2S. The van der Waals surface area contributed by atoms with Crippen LogP contribution in [0.1, 0.15) is 22.4 Å². The SMILES string of the molecule is COc1nc(C)c(C)cc1NN1CCN(c2cc(C)cc(C)c2)CC1C(=O)SC. The highest BCUT2D eigenvalue weighted by atomic mass is 32.2. The van der Waals surface area contributed by atoms with Gasteiger partial charge in [0.05, 0.1) is 7.11 Å². The van der Waals surface area contributed by atoms with Gasteiger partial charge in [0.2, 0.25) is 11.0 Å². The molecule has 0 bridgehead atoms. The number of thioether (sulfide) groups is 1. The van der Waals surface area contributed by atoms with Crippen LogP contribution in [0.4, 0.5) is 11.4 Å². The number of hydrazine groups is 1. The van der Waals surface area contributed by atoms with Crippen LogP contribution in [0.3, 0.4) is 0 Å². The number of pyridine rings is 1. The standard InChI is InChI=1S/C22H30N4O2S/c1-14-9-15(2)11-18(10-14)25-7-8-26(20(13-25)22(27)29-6)24-19-12-16(3)17(4)23-21(19)28-5/h9-12,20,24H,7-8,13H2,1-6H3. The molecule has 1 fully saturated rings. The summed E-state index contributed by atoms with van der Waals surface area (Å²) in [6.07, 6.45) is 1.84. The lowest BCUT2D eigenvalue weighted by molar-refractivity contribution is -0.115. The minimum absolute atomic E-state index is 0.141. The first kappa shape index (κ1) is 21.5. The Balaban J connectivity index is 1.85. The quantitative estimate of drug-likeness (QED) is 0.800. The van der Waals surface area contributed by atoms with E-state index >= 15 is 0 Å². The Kier molecular flexibility index (Phi) is 6.70. The zero-order valence-corrected chi connectivity index (χ0v) is 18.9. The number of aromatic nitrogens is 1. The van der Waals surface area contributed by atoms with Crippen molar-refractivity contribution >= 4 is 28.3 Å². The Labute approximate surface area is 177 Å². The first-order valence-electron chi connectivity index (χ1n) is 9.79.